The molecular weight excluding hydrogens is 366 g/mol. The van der Waals surface area contributed by atoms with E-state index in [0.29, 0.717) is 31.7 Å². The van der Waals surface area contributed by atoms with Crippen LogP contribution in [-0.2, 0) is 9.53 Å². The number of ether oxygens (including phenoxy) is 1. The maximum atomic E-state index is 13.0. The van der Waals surface area contributed by atoms with Gasteiger partial charge in [0, 0.05) is 55.7 Å². The van der Waals surface area contributed by atoms with E-state index < -0.39 is 0 Å². The molecule has 2 fully saturated rings. The molecule has 2 saturated heterocycles. The first-order valence-electron chi connectivity index (χ1n) is 10.5. The SMILES string of the molecule is CC1CN(C(=O)C2CCN(C(=O)c3cccc(-n4cccc4)c3)CC2)CC(C)O1. The van der Waals surface area contributed by atoms with E-state index >= 15 is 0 Å². The molecule has 1 aromatic carbocycles. The van der Waals surface area contributed by atoms with Gasteiger partial charge in [-0.25, -0.2) is 0 Å². The third-order valence-electron chi connectivity index (χ3n) is 5.86. The lowest BCUT2D eigenvalue weighted by atomic mass is 9.94. The van der Waals surface area contributed by atoms with Gasteiger partial charge in [0.15, 0.2) is 0 Å². The van der Waals surface area contributed by atoms with Crippen molar-refractivity contribution in [3.8, 4) is 5.69 Å². The second-order valence-electron chi connectivity index (χ2n) is 8.21. The molecule has 0 radical (unpaired) electrons. The molecule has 1 aromatic heterocycles. The standard InChI is InChI=1S/C23H29N3O3/c1-17-15-26(16-18(2)29-17)22(27)19-8-12-25(13-9-19)23(28)20-6-5-7-21(14-20)24-10-3-4-11-24/h3-7,10-11,14,17-19H,8-9,12-13,15-16H2,1-2H3. The second-order valence-corrected chi connectivity index (χ2v) is 8.21. The summed E-state index contributed by atoms with van der Waals surface area (Å²) in [6, 6.07) is 11.6. The van der Waals surface area contributed by atoms with Gasteiger partial charge in [0.25, 0.3) is 5.91 Å². The molecule has 2 unspecified atom stereocenters. The average Bonchev–Trinajstić information content (AvgIpc) is 3.27. The van der Waals surface area contributed by atoms with Crippen molar-refractivity contribution in [1.82, 2.24) is 14.4 Å². The van der Waals surface area contributed by atoms with E-state index in [1.165, 1.54) is 0 Å². The number of benzene rings is 1. The number of hydrogen-bond acceptors (Lipinski definition) is 3. The Labute approximate surface area is 172 Å². The first kappa shape index (κ1) is 19.7. The topological polar surface area (TPSA) is 54.8 Å². The number of rotatable bonds is 3. The van der Waals surface area contributed by atoms with Gasteiger partial charge >= 0.3 is 0 Å². The van der Waals surface area contributed by atoms with Gasteiger partial charge < -0.3 is 19.1 Å². The van der Waals surface area contributed by atoms with Gasteiger partial charge in [-0.05, 0) is 57.0 Å². The number of amides is 2. The number of piperidine rings is 1. The van der Waals surface area contributed by atoms with Gasteiger partial charge in [-0.3, -0.25) is 9.59 Å². The van der Waals surface area contributed by atoms with Crippen molar-refractivity contribution in [2.24, 2.45) is 5.92 Å². The minimum atomic E-state index is 0.00255. The Balaban J connectivity index is 1.36. The summed E-state index contributed by atoms with van der Waals surface area (Å²) in [5.74, 6) is 0.259. The van der Waals surface area contributed by atoms with Crippen LogP contribution in [0, 0.1) is 5.92 Å². The van der Waals surface area contributed by atoms with Crippen LogP contribution in [0.2, 0.25) is 0 Å². The largest absolute Gasteiger partial charge is 0.372 e. The Kier molecular flexibility index (Phi) is 5.72. The van der Waals surface area contributed by atoms with E-state index in [0.717, 1.165) is 18.5 Å². The summed E-state index contributed by atoms with van der Waals surface area (Å²) < 4.78 is 7.73. The van der Waals surface area contributed by atoms with Gasteiger partial charge in [0.2, 0.25) is 5.91 Å². The maximum Gasteiger partial charge on any atom is 0.253 e. The summed E-state index contributed by atoms with van der Waals surface area (Å²) in [6.45, 7) is 6.60. The van der Waals surface area contributed by atoms with Gasteiger partial charge in [-0.1, -0.05) is 6.07 Å². The molecular formula is C23H29N3O3. The van der Waals surface area contributed by atoms with Crippen molar-refractivity contribution in [2.75, 3.05) is 26.2 Å². The number of nitrogens with zero attached hydrogens (tertiary/aromatic N) is 3. The maximum absolute atomic E-state index is 13.0. The Hall–Kier alpha value is -2.60. The third-order valence-corrected chi connectivity index (χ3v) is 5.86. The van der Waals surface area contributed by atoms with Gasteiger partial charge in [0.1, 0.15) is 0 Å². The lowest BCUT2D eigenvalue weighted by Crippen LogP contribution is -2.51. The molecule has 4 rings (SSSR count). The highest BCUT2D eigenvalue weighted by Crippen LogP contribution is 2.24. The molecule has 6 nitrogen and oxygen atoms in total. The van der Waals surface area contributed by atoms with Crippen molar-refractivity contribution < 1.29 is 14.3 Å². The number of carbonyl (C=O) groups is 2. The van der Waals surface area contributed by atoms with Crippen molar-refractivity contribution >= 4 is 11.8 Å². The van der Waals surface area contributed by atoms with Crippen LogP contribution >= 0.6 is 0 Å². The number of carbonyl (C=O) groups excluding carboxylic acids is 2. The summed E-state index contributed by atoms with van der Waals surface area (Å²) in [5, 5.41) is 0. The van der Waals surface area contributed by atoms with Crippen LogP contribution in [0.4, 0.5) is 0 Å². The smallest absolute Gasteiger partial charge is 0.253 e. The molecule has 29 heavy (non-hydrogen) atoms. The molecule has 0 saturated carbocycles. The quantitative estimate of drug-likeness (QED) is 0.803. The van der Waals surface area contributed by atoms with E-state index in [1.54, 1.807) is 0 Å². The van der Waals surface area contributed by atoms with E-state index in [-0.39, 0.29) is 29.9 Å². The highest BCUT2D eigenvalue weighted by molar-refractivity contribution is 5.95. The molecule has 2 amide bonds. The predicted molar refractivity (Wildman–Crippen MR) is 111 cm³/mol. The molecule has 6 heteroatoms. The van der Waals surface area contributed by atoms with Crippen molar-refractivity contribution in [3.63, 3.8) is 0 Å². The fraction of sp³-hybridized carbons (Fsp3) is 0.478. The first-order valence-corrected chi connectivity index (χ1v) is 10.5. The Morgan fingerprint density at radius 2 is 1.59 bits per heavy atom. The molecule has 2 aliphatic heterocycles. The van der Waals surface area contributed by atoms with Crippen LogP contribution in [0.3, 0.4) is 0 Å². The molecule has 2 atom stereocenters. The molecule has 2 aromatic rings. The molecule has 0 aliphatic carbocycles. The normalized spacial score (nSPS) is 23.2. The number of likely N-dealkylation sites (tertiary alicyclic amines) is 1. The lowest BCUT2D eigenvalue weighted by Gasteiger charge is -2.39. The van der Waals surface area contributed by atoms with E-state index in [4.69, 9.17) is 4.74 Å². The monoisotopic (exact) mass is 395 g/mol. The van der Waals surface area contributed by atoms with Crippen LogP contribution in [0.5, 0.6) is 0 Å². The number of morpholine rings is 1. The summed E-state index contributed by atoms with van der Waals surface area (Å²) in [7, 11) is 0. The molecule has 154 valence electrons. The van der Waals surface area contributed by atoms with Crippen LogP contribution in [-0.4, -0.2) is 64.6 Å². The van der Waals surface area contributed by atoms with E-state index in [1.807, 2.05) is 77.0 Å². The highest BCUT2D eigenvalue weighted by Gasteiger charge is 2.33. The zero-order valence-electron chi connectivity index (χ0n) is 17.2. The van der Waals surface area contributed by atoms with Crippen LogP contribution in [0.1, 0.15) is 37.0 Å². The van der Waals surface area contributed by atoms with Crippen molar-refractivity contribution in [2.45, 2.75) is 38.9 Å². The average molecular weight is 396 g/mol. The fourth-order valence-corrected chi connectivity index (χ4v) is 4.43. The molecule has 3 heterocycles. The summed E-state index contributed by atoms with van der Waals surface area (Å²) in [4.78, 5) is 29.7. The molecule has 0 N–H and O–H groups in total. The number of aromatic nitrogens is 1. The van der Waals surface area contributed by atoms with Crippen molar-refractivity contribution in [1.29, 1.82) is 0 Å². The zero-order chi connectivity index (χ0) is 20.4. The fourth-order valence-electron chi connectivity index (χ4n) is 4.43. The van der Waals surface area contributed by atoms with Crippen molar-refractivity contribution in [3.05, 3.63) is 54.4 Å². The summed E-state index contributed by atoms with van der Waals surface area (Å²) >= 11 is 0. The molecule has 0 bridgehead atoms. The van der Waals surface area contributed by atoms with Gasteiger partial charge in [0.05, 0.1) is 12.2 Å². The number of hydrogen-bond donors (Lipinski definition) is 0. The molecule has 2 aliphatic rings. The van der Waals surface area contributed by atoms with Gasteiger partial charge in [-0.2, -0.15) is 0 Å². The molecule has 0 spiro atoms. The lowest BCUT2D eigenvalue weighted by molar-refractivity contribution is -0.148. The van der Waals surface area contributed by atoms with E-state index in [9.17, 15) is 9.59 Å². The minimum Gasteiger partial charge on any atom is -0.372 e. The van der Waals surface area contributed by atoms with Crippen LogP contribution in [0.15, 0.2) is 48.8 Å². The first-order chi connectivity index (χ1) is 14.0. The van der Waals surface area contributed by atoms with Gasteiger partial charge in [-0.15, -0.1) is 0 Å². The highest BCUT2D eigenvalue weighted by atomic mass is 16.5. The third kappa shape index (κ3) is 4.37. The summed E-state index contributed by atoms with van der Waals surface area (Å²) in [6.07, 6.45) is 5.54. The zero-order valence-corrected chi connectivity index (χ0v) is 17.2. The predicted octanol–water partition coefficient (Wildman–Crippen LogP) is 2.97. The summed E-state index contributed by atoms with van der Waals surface area (Å²) in [5.41, 5.74) is 1.67. The Morgan fingerprint density at radius 3 is 2.24 bits per heavy atom. The van der Waals surface area contributed by atoms with E-state index in [2.05, 4.69) is 0 Å². The second kappa shape index (κ2) is 8.41. The van der Waals surface area contributed by atoms with Crippen LogP contribution < -0.4 is 0 Å². The minimum absolute atomic E-state index is 0.00255. The Morgan fingerprint density at radius 1 is 0.931 bits per heavy atom. The Bertz CT molecular complexity index is 846. The van der Waals surface area contributed by atoms with Crippen LogP contribution in [0.25, 0.3) is 5.69 Å².